The maximum absolute atomic E-state index is 13.4. The van der Waals surface area contributed by atoms with Gasteiger partial charge < -0.3 is 5.32 Å². The van der Waals surface area contributed by atoms with E-state index in [0.29, 0.717) is 23.8 Å². The number of nitrogens with one attached hydrogen (secondary N) is 1. The van der Waals surface area contributed by atoms with E-state index in [1.807, 2.05) is 0 Å². The Morgan fingerprint density at radius 2 is 2.18 bits per heavy atom. The van der Waals surface area contributed by atoms with Crippen molar-refractivity contribution in [2.45, 2.75) is 26.2 Å². The lowest BCUT2D eigenvalue weighted by molar-refractivity contribution is 0.259. The number of rotatable bonds is 3. The molecule has 0 aromatic heterocycles. The van der Waals surface area contributed by atoms with E-state index < -0.39 is 0 Å². The number of piperidine rings is 1. The Morgan fingerprint density at radius 1 is 1.35 bits per heavy atom. The summed E-state index contributed by atoms with van der Waals surface area (Å²) < 4.78 is 26.4. The smallest absolute Gasteiger partial charge is 0.126 e. The molecule has 0 spiro atoms. The van der Waals surface area contributed by atoms with E-state index >= 15 is 0 Å². The number of aryl methyl sites for hydroxylation is 1. The minimum Gasteiger partial charge on any atom is -0.316 e. The van der Waals surface area contributed by atoms with Crippen molar-refractivity contribution >= 4 is 0 Å². The van der Waals surface area contributed by atoms with Gasteiger partial charge in [0.2, 0.25) is 0 Å². The van der Waals surface area contributed by atoms with Crippen molar-refractivity contribution in [3.8, 4) is 0 Å². The van der Waals surface area contributed by atoms with Crippen molar-refractivity contribution < 1.29 is 8.78 Å². The SMILES string of the molecule is CC1CCNCC1CCc1cc(F)ccc1F. The second-order valence-electron chi connectivity index (χ2n) is 5.00. The van der Waals surface area contributed by atoms with Crippen LogP contribution in [0.25, 0.3) is 0 Å². The van der Waals surface area contributed by atoms with Gasteiger partial charge in [-0.05, 0) is 68.0 Å². The van der Waals surface area contributed by atoms with Gasteiger partial charge in [-0.15, -0.1) is 0 Å². The summed E-state index contributed by atoms with van der Waals surface area (Å²) in [7, 11) is 0. The third-order valence-electron chi connectivity index (χ3n) is 3.78. The lowest BCUT2D eigenvalue weighted by Gasteiger charge is -2.29. The summed E-state index contributed by atoms with van der Waals surface area (Å²) in [6, 6.07) is 3.70. The molecule has 1 fully saturated rings. The van der Waals surface area contributed by atoms with Crippen LogP contribution in [0.5, 0.6) is 0 Å². The number of benzene rings is 1. The number of hydrogen-bond donors (Lipinski definition) is 1. The Labute approximate surface area is 101 Å². The number of hydrogen-bond acceptors (Lipinski definition) is 1. The van der Waals surface area contributed by atoms with Crippen LogP contribution in [0.2, 0.25) is 0 Å². The zero-order valence-electron chi connectivity index (χ0n) is 10.2. The third-order valence-corrected chi connectivity index (χ3v) is 3.78. The molecule has 0 aliphatic carbocycles. The van der Waals surface area contributed by atoms with Gasteiger partial charge in [0, 0.05) is 0 Å². The van der Waals surface area contributed by atoms with Crippen molar-refractivity contribution in [3.05, 3.63) is 35.4 Å². The van der Waals surface area contributed by atoms with E-state index in [2.05, 4.69) is 12.2 Å². The highest BCUT2D eigenvalue weighted by atomic mass is 19.1. The molecule has 0 amide bonds. The summed E-state index contributed by atoms with van der Waals surface area (Å²) in [4.78, 5) is 0. The Kier molecular flexibility index (Phi) is 4.11. The fourth-order valence-electron chi connectivity index (χ4n) is 2.52. The van der Waals surface area contributed by atoms with E-state index in [4.69, 9.17) is 0 Å². The Morgan fingerprint density at radius 3 is 2.94 bits per heavy atom. The average Bonchev–Trinajstić information content (AvgIpc) is 2.32. The molecule has 0 saturated carbocycles. The van der Waals surface area contributed by atoms with Crippen molar-refractivity contribution in [1.29, 1.82) is 0 Å². The molecule has 0 bridgehead atoms. The van der Waals surface area contributed by atoms with Gasteiger partial charge in [0.05, 0.1) is 0 Å². The fraction of sp³-hybridized carbons (Fsp3) is 0.571. The number of halogens is 2. The predicted molar refractivity (Wildman–Crippen MR) is 64.8 cm³/mol. The molecule has 3 heteroatoms. The topological polar surface area (TPSA) is 12.0 Å². The second kappa shape index (κ2) is 5.58. The quantitative estimate of drug-likeness (QED) is 0.854. The molecule has 17 heavy (non-hydrogen) atoms. The molecule has 1 saturated heterocycles. The molecular formula is C14H19F2N. The lowest BCUT2D eigenvalue weighted by Crippen LogP contribution is -2.35. The van der Waals surface area contributed by atoms with Crippen LogP contribution >= 0.6 is 0 Å². The van der Waals surface area contributed by atoms with Gasteiger partial charge in [-0.25, -0.2) is 8.78 Å². The van der Waals surface area contributed by atoms with Crippen LogP contribution in [-0.4, -0.2) is 13.1 Å². The maximum Gasteiger partial charge on any atom is 0.126 e. The molecule has 2 unspecified atom stereocenters. The molecule has 2 atom stereocenters. The van der Waals surface area contributed by atoms with Gasteiger partial charge in [-0.1, -0.05) is 6.92 Å². The summed E-state index contributed by atoms with van der Waals surface area (Å²) in [5.41, 5.74) is 0.503. The normalized spacial score (nSPS) is 24.9. The van der Waals surface area contributed by atoms with E-state index in [-0.39, 0.29) is 11.6 Å². The summed E-state index contributed by atoms with van der Waals surface area (Å²) in [6.45, 7) is 4.32. The monoisotopic (exact) mass is 239 g/mol. The molecule has 94 valence electrons. The molecule has 1 aliphatic rings. The van der Waals surface area contributed by atoms with Crippen LogP contribution in [0.1, 0.15) is 25.3 Å². The van der Waals surface area contributed by atoms with Crippen LogP contribution in [0, 0.1) is 23.5 Å². The standard InChI is InChI=1S/C14H19F2N/c1-10-6-7-17-9-12(10)3-2-11-8-13(15)4-5-14(11)16/h4-5,8,10,12,17H,2-3,6-7,9H2,1H3. The lowest BCUT2D eigenvalue weighted by atomic mass is 9.84. The van der Waals surface area contributed by atoms with Gasteiger partial charge in [-0.3, -0.25) is 0 Å². The molecule has 1 nitrogen and oxygen atoms in total. The van der Waals surface area contributed by atoms with Crippen molar-refractivity contribution in [2.24, 2.45) is 11.8 Å². The van der Waals surface area contributed by atoms with Gasteiger partial charge in [0.15, 0.2) is 0 Å². The molecule has 2 rings (SSSR count). The van der Waals surface area contributed by atoms with Gasteiger partial charge >= 0.3 is 0 Å². The molecule has 1 aliphatic heterocycles. The predicted octanol–water partition coefficient (Wildman–Crippen LogP) is 3.14. The molecule has 1 aromatic carbocycles. The Hall–Kier alpha value is -0.960. The second-order valence-corrected chi connectivity index (χ2v) is 5.00. The third kappa shape index (κ3) is 3.25. The summed E-state index contributed by atoms with van der Waals surface area (Å²) >= 11 is 0. The summed E-state index contributed by atoms with van der Waals surface area (Å²) in [5, 5.41) is 3.36. The van der Waals surface area contributed by atoms with E-state index in [1.54, 1.807) is 0 Å². The molecule has 1 heterocycles. The zero-order chi connectivity index (χ0) is 12.3. The molecule has 1 N–H and O–H groups in total. The highest BCUT2D eigenvalue weighted by molar-refractivity contribution is 5.18. The maximum atomic E-state index is 13.4. The largest absolute Gasteiger partial charge is 0.316 e. The van der Waals surface area contributed by atoms with Gasteiger partial charge in [0.25, 0.3) is 0 Å². The van der Waals surface area contributed by atoms with E-state index in [1.165, 1.54) is 24.6 Å². The minimum absolute atomic E-state index is 0.289. The minimum atomic E-state index is -0.351. The van der Waals surface area contributed by atoms with Crippen LogP contribution < -0.4 is 5.32 Å². The first-order valence-electron chi connectivity index (χ1n) is 6.31. The van der Waals surface area contributed by atoms with Crippen LogP contribution in [0.3, 0.4) is 0 Å². The summed E-state index contributed by atoms with van der Waals surface area (Å²) in [5.74, 6) is 0.610. The van der Waals surface area contributed by atoms with E-state index in [0.717, 1.165) is 19.5 Å². The zero-order valence-corrected chi connectivity index (χ0v) is 10.2. The Balaban J connectivity index is 1.94. The first-order chi connectivity index (χ1) is 8.16. The highest BCUT2D eigenvalue weighted by Crippen LogP contribution is 2.24. The van der Waals surface area contributed by atoms with Crippen LogP contribution in [0.15, 0.2) is 18.2 Å². The Bertz CT molecular complexity index is 378. The van der Waals surface area contributed by atoms with Gasteiger partial charge in [-0.2, -0.15) is 0 Å². The fourth-order valence-corrected chi connectivity index (χ4v) is 2.52. The first kappa shape index (κ1) is 12.5. The highest BCUT2D eigenvalue weighted by Gasteiger charge is 2.21. The van der Waals surface area contributed by atoms with Gasteiger partial charge in [0.1, 0.15) is 11.6 Å². The molecule has 0 radical (unpaired) electrons. The van der Waals surface area contributed by atoms with E-state index in [9.17, 15) is 8.78 Å². The molecule has 1 aromatic rings. The van der Waals surface area contributed by atoms with Crippen molar-refractivity contribution in [2.75, 3.05) is 13.1 Å². The van der Waals surface area contributed by atoms with Crippen LogP contribution in [0.4, 0.5) is 8.78 Å². The average molecular weight is 239 g/mol. The first-order valence-corrected chi connectivity index (χ1v) is 6.31. The van der Waals surface area contributed by atoms with Crippen LogP contribution in [-0.2, 0) is 6.42 Å². The van der Waals surface area contributed by atoms with Crippen molar-refractivity contribution in [3.63, 3.8) is 0 Å². The molecular weight excluding hydrogens is 220 g/mol. The van der Waals surface area contributed by atoms with Crippen molar-refractivity contribution in [1.82, 2.24) is 5.32 Å². The summed E-state index contributed by atoms with van der Waals surface area (Å²) in [6.07, 6.45) is 2.73.